The highest BCUT2D eigenvalue weighted by Crippen LogP contribution is 2.42. The lowest BCUT2D eigenvalue weighted by Gasteiger charge is -2.22. The van der Waals surface area contributed by atoms with Crippen LogP contribution >= 0.6 is 7.82 Å². The van der Waals surface area contributed by atoms with Crippen molar-refractivity contribution in [3.63, 3.8) is 0 Å². The van der Waals surface area contributed by atoms with Crippen molar-refractivity contribution in [3.05, 3.63) is 105 Å². The van der Waals surface area contributed by atoms with Crippen LogP contribution in [0.25, 0.3) is 22.0 Å². The standard InChI is InChI=1S/C56H77FN3O19P/c1-39(2)75-31-29-73-27-25-71-23-21-69-19-17-68-18-20-70-22-24-72-26-28-74-30-32-76-45-13-11-44(12-14-45)58-54(62)49-36-47-48(37-59(7)55(63)52(47)60(49)38-77-51(61)9-8-16-78-80(65,66)67)46-35-42(56(5,6)64)10-15-50(46)79-53-40(3)33-43(57)34-41(53)4/h10-15,33-37,39,64H,8-9,16-32,38H2,1-7H3,(H,58,62)(H2,65,66,67). The molecule has 3 aromatic carbocycles. The number of pyridine rings is 1. The van der Waals surface area contributed by atoms with Crippen LogP contribution in [-0.4, -0.2) is 154 Å². The molecule has 0 saturated carbocycles. The zero-order chi connectivity index (χ0) is 58.1. The number of phosphoric acid groups is 1. The lowest BCUT2D eigenvalue weighted by molar-refractivity contribution is -0.147. The van der Waals surface area contributed by atoms with Crippen molar-refractivity contribution in [3.8, 4) is 28.4 Å². The Labute approximate surface area is 465 Å². The SMILES string of the molecule is Cc1cc(F)cc(C)c1Oc1ccc(C(C)(C)O)cc1-c1cn(C)c(=O)c2c1cc(C(=O)Nc1ccc(OCCOCCOCCOCCOCCOCCOCCOCCOC(C)C)cc1)n2COC(=O)CCCOP(=O)(O)O. The summed E-state index contributed by atoms with van der Waals surface area (Å²) in [7, 11) is -3.26. The number of hydrogen-bond donors (Lipinski definition) is 4. The first-order valence-corrected chi connectivity index (χ1v) is 27.8. The summed E-state index contributed by atoms with van der Waals surface area (Å²) in [5.41, 5.74) is 0.716. The maximum Gasteiger partial charge on any atom is 0.469 e. The molecule has 0 fully saturated rings. The van der Waals surface area contributed by atoms with Gasteiger partial charge in [-0.15, -0.1) is 0 Å². The summed E-state index contributed by atoms with van der Waals surface area (Å²) in [5.74, 6) is -0.736. The molecule has 0 unspecified atom stereocenters. The molecule has 2 aromatic heterocycles. The zero-order valence-corrected chi connectivity index (χ0v) is 47.6. The molecule has 0 spiro atoms. The van der Waals surface area contributed by atoms with Gasteiger partial charge in [-0.25, -0.2) is 8.96 Å². The average molecular weight is 1150 g/mol. The fourth-order valence-corrected chi connectivity index (χ4v) is 8.18. The van der Waals surface area contributed by atoms with Crippen LogP contribution in [0.4, 0.5) is 10.1 Å². The first-order chi connectivity index (χ1) is 38.2. The van der Waals surface area contributed by atoms with E-state index in [1.165, 1.54) is 34.4 Å². The Balaban J connectivity index is 1.13. The predicted octanol–water partition coefficient (Wildman–Crippen LogP) is 7.35. The molecule has 24 heteroatoms. The number of halogens is 1. The van der Waals surface area contributed by atoms with Gasteiger partial charge in [-0.3, -0.25) is 23.5 Å². The van der Waals surface area contributed by atoms with Gasteiger partial charge >= 0.3 is 13.8 Å². The Morgan fingerprint density at radius 3 is 1.75 bits per heavy atom. The van der Waals surface area contributed by atoms with Crippen molar-refractivity contribution in [1.29, 1.82) is 0 Å². The van der Waals surface area contributed by atoms with Crippen LogP contribution < -0.4 is 20.3 Å². The summed E-state index contributed by atoms with van der Waals surface area (Å²) in [6.45, 7) is 16.5. The Morgan fingerprint density at radius 1 is 0.713 bits per heavy atom. The van der Waals surface area contributed by atoms with Crippen molar-refractivity contribution >= 4 is 36.3 Å². The number of benzene rings is 3. The van der Waals surface area contributed by atoms with E-state index in [9.17, 15) is 28.4 Å². The van der Waals surface area contributed by atoms with Gasteiger partial charge in [-0.1, -0.05) is 6.07 Å². The van der Waals surface area contributed by atoms with E-state index in [-0.39, 0.29) is 54.5 Å². The van der Waals surface area contributed by atoms with Crippen molar-refractivity contribution in [2.24, 2.45) is 7.05 Å². The van der Waals surface area contributed by atoms with Crippen LogP contribution in [0.2, 0.25) is 0 Å². The third kappa shape index (κ3) is 22.4. The molecule has 0 atom stereocenters. The maximum atomic E-state index is 14.4. The van der Waals surface area contributed by atoms with Gasteiger partial charge < -0.3 is 76.9 Å². The zero-order valence-electron chi connectivity index (χ0n) is 46.7. The third-order valence-corrected chi connectivity index (χ3v) is 12.3. The Hall–Kier alpha value is -5.63. The van der Waals surface area contributed by atoms with Crippen LogP contribution in [-0.2, 0) is 75.9 Å². The summed E-state index contributed by atoms with van der Waals surface area (Å²) in [5, 5.41) is 14.2. The molecule has 0 aliphatic heterocycles. The van der Waals surface area contributed by atoms with Crippen LogP contribution in [0.15, 0.2) is 71.7 Å². The second kappa shape index (κ2) is 33.3. The maximum absolute atomic E-state index is 14.4. The number of carbonyl (C=O) groups excluding carboxylic acids is 2. The monoisotopic (exact) mass is 1150 g/mol. The highest BCUT2D eigenvalue weighted by Gasteiger charge is 2.26. The number of carbonyl (C=O) groups is 2. The number of amides is 1. The molecule has 80 heavy (non-hydrogen) atoms. The number of rotatable bonds is 39. The smallest absolute Gasteiger partial charge is 0.469 e. The fraction of sp³-hybridized carbons (Fsp3) is 0.518. The van der Waals surface area contributed by atoms with Gasteiger partial charge in [0.25, 0.3) is 11.5 Å². The van der Waals surface area contributed by atoms with E-state index in [0.29, 0.717) is 138 Å². The van der Waals surface area contributed by atoms with Gasteiger partial charge in [0.1, 0.15) is 40.9 Å². The molecule has 0 aliphatic carbocycles. The van der Waals surface area contributed by atoms with E-state index in [2.05, 4.69) is 9.84 Å². The quantitative estimate of drug-likeness (QED) is 0.0170. The molecular formula is C56H77FN3O19P. The number of aromatic nitrogens is 2. The van der Waals surface area contributed by atoms with Gasteiger partial charge in [0, 0.05) is 41.9 Å². The van der Waals surface area contributed by atoms with Crippen molar-refractivity contribution in [1.82, 2.24) is 9.13 Å². The molecular weight excluding hydrogens is 1070 g/mol. The number of aliphatic hydroxyl groups is 1. The molecule has 22 nitrogen and oxygen atoms in total. The minimum atomic E-state index is -4.77. The Bertz CT molecular complexity index is 2810. The number of ether oxygens (including phenoxy) is 11. The van der Waals surface area contributed by atoms with Gasteiger partial charge in [-0.2, -0.15) is 0 Å². The number of fused-ring (bicyclic) bond motifs is 1. The summed E-state index contributed by atoms with van der Waals surface area (Å²) >= 11 is 0. The predicted molar refractivity (Wildman–Crippen MR) is 294 cm³/mol. The molecule has 0 saturated heterocycles. The molecule has 442 valence electrons. The third-order valence-electron chi connectivity index (χ3n) is 11.7. The van der Waals surface area contributed by atoms with E-state index in [4.69, 9.17) is 61.9 Å². The molecule has 0 radical (unpaired) electrons. The van der Waals surface area contributed by atoms with Crippen LogP contribution in [0.5, 0.6) is 17.2 Å². The van der Waals surface area contributed by atoms with E-state index in [1.807, 2.05) is 13.8 Å². The van der Waals surface area contributed by atoms with Gasteiger partial charge in [-0.05, 0) is 119 Å². The van der Waals surface area contributed by atoms with E-state index < -0.39 is 50.0 Å². The van der Waals surface area contributed by atoms with Crippen LogP contribution in [0.1, 0.15) is 67.7 Å². The highest BCUT2D eigenvalue weighted by atomic mass is 31.2. The normalized spacial score (nSPS) is 11.9. The van der Waals surface area contributed by atoms with Crippen LogP contribution in [0, 0.1) is 19.7 Å². The Morgan fingerprint density at radius 2 is 1.24 bits per heavy atom. The number of esters is 1. The molecule has 0 aliphatic rings. The van der Waals surface area contributed by atoms with Crippen molar-refractivity contribution in [2.45, 2.75) is 72.8 Å². The molecule has 5 rings (SSSR count). The number of anilines is 1. The molecule has 0 bridgehead atoms. The van der Waals surface area contributed by atoms with Gasteiger partial charge in [0.2, 0.25) is 0 Å². The van der Waals surface area contributed by atoms with Crippen LogP contribution in [0.3, 0.4) is 0 Å². The Kier molecular flexibility index (Phi) is 27.2. The summed E-state index contributed by atoms with van der Waals surface area (Å²) in [4.78, 5) is 59.5. The lowest BCUT2D eigenvalue weighted by Crippen LogP contribution is -2.24. The highest BCUT2D eigenvalue weighted by molar-refractivity contribution is 7.46. The molecule has 4 N–H and O–H groups in total. The minimum absolute atomic E-state index is 0.0242. The fourth-order valence-electron chi connectivity index (χ4n) is 7.81. The topological polar surface area (TPSA) is 262 Å². The number of hydrogen-bond acceptors (Lipinski definition) is 17. The van der Waals surface area contributed by atoms with E-state index >= 15 is 0 Å². The van der Waals surface area contributed by atoms with E-state index in [0.717, 1.165) is 0 Å². The summed E-state index contributed by atoms with van der Waals surface area (Å²) in [6, 6.07) is 15.8. The molecule has 5 aromatic rings. The molecule has 1 amide bonds. The number of aryl methyl sites for hydroxylation is 3. The average Bonchev–Trinajstić information content (AvgIpc) is 3.79. The summed E-state index contributed by atoms with van der Waals surface area (Å²) in [6.07, 6.45) is 1.36. The van der Waals surface area contributed by atoms with Crippen molar-refractivity contribution in [2.75, 3.05) is 118 Å². The number of nitrogens with one attached hydrogen (secondary N) is 1. The second-order valence-corrected chi connectivity index (χ2v) is 20.3. The van der Waals surface area contributed by atoms with Gasteiger partial charge in [0.15, 0.2) is 6.73 Å². The number of nitrogens with zero attached hydrogens (tertiary/aromatic N) is 2. The lowest BCUT2D eigenvalue weighted by atomic mass is 9.93. The van der Waals surface area contributed by atoms with Gasteiger partial charge in [0.05, 0.1) is 117 Å². The largest absolute Gasteiger partial charge is 0.491 e. The van der Waals surface area contributed by atoms with E-state index in [1.54, 1.807) is 76.4 Å². The first-order valence-electron chi connectivity index (χ1n) is 26.3. The minimum Gasteiger partial charge on any atom is -0.491 e. The second-order valence-electron chi connectivity index (χ2n) is 19.0. The first kappa shape index (κ1) is 65.2. The number of phosphoric ester groups is 1. The van der Waals surface area contributed by atoms with Crippen molar-refractivity contribution < 1.29 is 90.1 Å². The summed E-state index contributed by atoms with van der Waals surface area (Å²) < 4.78 is 94.5. The molecule has 2 heterocycles.